The number of nitrogens with one attached hydrogen (secondary N) is 2. The van der Waals surface area contributed by atoms with Gasteiger partial charge in [-0.05, 0) is 6.07 Å². The van der Waals surface area contributed by atoms with Crippen molar-refractivity contribution in [3.8, 4) is 0 Å². The van der Waals surface area contributed by atoms with E-state index >= 15 is 0 Å². The van der Waals surface area contributed by atoms with Gasteiger partial charge in [-0.1, -0.05) is 0 Å². The largest absolute Gasteiger partial charge is 0.316 e. The molecule has 0 aliphatic carbocycles. The Morgan fingerprint density at radius 1 is 0.667 bits per heavy atom. The average Bonchev–Trinajstić information content (AvgIpc) is 2.59. The molecule has 2 aromatic heterocycles. The van der Waals surface area contributed by atoms with Crippen molar-refractivity contribution in [1.29, 1.82) is 0 Å². The van der Waals surface area contributed by atoms with Crippen molar-refractivity contribution in [1.82, 2.24) is 9.97 Å². The zero-order valence-corrected chi connectivity index (χ0v) is 12.8. The third-order valence-corrected chi connectivity index (χ3v) is 4.26. The summed E-state index contributed by atoms with van der Waals surface area (Å²) in [5.41, 5.74) is -4.81. The van der Waals surface area contributed by atoms with Crippen LogP contribution in [0.3, 0.4) is 0 Å². The Hall–Kier alpha value is -4.42. The van der Waals surface area contributed by atoms with Gasteiger partial charge in [0.2, 0.25) is 0 Å². The van der Waals surface area contributed by atoms with Gasteiger partial charge in [-0.15, -0.1) is 0 Å². The van der Waals surface area contributed by atoms with E-state index in [1.165, 1.54) is 0 Å². The minimum absolute atomic E-state index is 0.112. The number of hydrogen-bond acceptors (Lipinski definition) is 8. The summed E-state index contributed by atoms with van der Waals surface area (Å²) in [6, 6.07) is 2.68. The summed E-state index contributed by atoms with van der Waals surface area (Å²) in [6.45, 7) is 0. The first kappa shape index (κ1) is 16.1. The molecule has 0 amide bonds. The number of benzene rings is 2. The summed E-state index contributed by atoms with van der Waals surface area (Å²) in [6.07, 6.45) is 0. The number of nitro groups is 3. The Morgan fingerprint density at radius 3 is 1.81 bits per heavy atom. The first-order chi connectivity index (χ1) is 12.7. The Balaban J connectivity index is 2.50. The SMILES string of the molecule is O=c1[nH]c2c([N+](=O)[O-])cc([N+](=O)[O-])c3c(=O)[nH]c4c([N+](=O)[O-])ccc1c4c23. The van der Waals surface area contributed by atoms with Gasteiger partial charge in [-0.2, -0.15) is 0 Å². The van der Waals surface area contributed by atoms with E-state index in [-0.39, 0.29) is 21.7 Å². The second-order valence-electron chi connectivity index (χ2n) is 5.60. The first-order valence-corrected chi connectivity index (χ1v) is 7.16. The van der Waals surface area contributed by atoms with E-state index in [1.54, 1.807) is 0 Å². The van der Waals surface area contributed by atoms with Crippen LogP contribution in [0.15, 0.2) is 27.8 Å². The third kappa shape index (κ3) is 1.98. The van der Waals surface area contributed by atoms with Crippen molar-refractivity contribution >= 4 is 49.6 Å². The number of non-ortho nitro benzene ring substituents is 3. The van der Waals surface area contributed by atoms with Crippen molar-refractivity contribution in [2.24, 2.45) is 0 Å². The van der Waals surface area contributed by atoms with Crippen LogP contribution < -0.4 is 11.1 Å². The smallest absolute Gasteiger partial charge is 0.300 e. The maximum atomic E-state index is 12.5. The van der Waals surface area contributed by atoms with Gasteiger partial charge in [0.1, 0.15) is 16.4 Å². The topological polar surface area (TPSA) is 195 Å². The molecule has 27 heavy (non-hydrogen) atoms. The van der Waals surface area contributed by atoms with Crippen molar-refractivity contribution in [3.63, 3.8) is 0 Å². The second kappa shape index (κ2) is 5.04. The third-order valence-electron chi connectivity index (χ3n) is 4.26. The molecule has 0 unspecified atom stereocenters. The predicted molar refractivity (Wildman–Crippen MR) is 91.4 cm³/mol. The highest BCUT2D eigenvalue weighted by Gasteiger charge is 2.30. The van der Waals surface area contributed by atoms with Crippen molar-refractivity contribution in [2.45, 2.75) is 0 Å². The molecule has 0 spiro atoms. The van der Waals surface area contributed by atoms with Crippen LogP contribution in [-0.4, -0.2) is 24.7 Å². The number of aromatic nitrogens is 2. The van der Waals surface area contributed by atoms with E-state index in [4.69, 9.17) is 0 Å². The second-order valence-corrected chi connectivity index (χ2v) is 5.60. The lowest BCUT2D eigenvalue weighted by atomic mass is 9.98. The molecular formula is C14H5N5O8. The van der Waals surface area contributed by atoms with Gasteiger partial charge in [-0.3, -0.25) is 39.9 Å². The van der Waals surface area contributed by atoms with Crippen molar-refractivity contribution in [3.05, 3.63) is 69.2 Å². The van der Waals surface area contributed by atoms with Gasteiger partial charge >= 0.3 is 0 Å². The van der Waals surface area contributed by atoms with Crippen LogP contribution in [0.4, 0.5) is 17.1 Å². The summed E-state index contributed by atoms with van der Waals surface area (Å²) in [4.78, 5) is 60.5. The molecule has 4 rings (SSSR count). The number of rotatable bonds is 3. The molecule has 134 valence electrons. The average molecular weight is 371 g/mol. The van der Waals surface area contributed by atoms with Crippen molar-refractivity contribution in [2.75, 3.05) is 0 Å². The van der Waals surface area contributed by atoms with Gasteiger partial charge in [0.25, 0.3) is 28.2 Å². The van der Waals surface area contributed by atoms with E-state index in [2.05, 4.69) is 9.97 Å². The van der Waals surface area contributed by atoms with Crippen LogP contribution in [0.5, 0.6) is 0 Å². The van der Waals surface area contributed by atoms with E-state index in [9.17, 15) is 39.9 Å². The van der Waals surface area contributed by atoms with E-state index in [1.807, 2.05) is 0 Å². The fraction of sp³-hybridized carbons (Fsp3) is 0. The van der Waals surface area contributed by atoms with Crippen molar-refractivity contribution < 1.29 is 14.8 Å². The van der Waals surface area contributed by atoms with Gasteiger partial charge in [-0.25, -0.2) is 0 Å². The number of H-pyrrole nitrogens is 2. The highest BCUT2D eigenvalue weighted by atomic mass is 16.6. The maximum Gasteiger partial charge on any atom is 0.300 e. The first-order valence-electron chi connectivity index (χ1n) is 7.16. The Morgan fingerprint density at radius 2 is 1.22 bits per heavy atom. The zero-order chi connectivity index (χ0) is 19.6. The summed E-state index contributed by atoms with van der Waals surface area (Å²) in [7, 11) is 0. The van der Waals surface area contributed by atoms with E-state index in [0.717, 1.165) is 12.1 Å². The van der Waals surface area contributed by atoms with Gasteiger partial charge in [0.05, 0.1) is 26.2 Å². The fourth-order valence-electron chi connectivity index (χ4n) is 3.23. The molecular weight excluding hydrogens is 366 g/mol. The predicted octanol–water partition coefficient (Wildman–Crippen LogP) is 1.69. The molecule has 0 bridgehead atoms. The molecule has 2 aromatic carbocycles. The Labute approximate surface area is 144 Å². The van der Waals surface area contributed by atoms with Gasteiger partial charge < -0.3 is 9.97 Å². The van der Waals surface area contributed by atoms with Gasteiger partial charge in [0, 0.05) is 16.8 Å². The lowest BCUT2D eigenvalue weighted by Crippen LogP contribution is -2.16. The summed E-state index contributed by atoms with van der Waals surface area (Å²) in [5, 5.41) is 32.9. The molecule has 2 heterocycles. The monoisotopic (exact) mass is 371 g/mol. The van der Waals surface area contributed by atoms with E-state index < -0.39 is 53.9 Å². The number of aromatic amines is 2. The van der Waals surface area contributed by atoms with Crippen LogP contribution >= 0.6 is 0 Å². The molecule has 0 atom stereocenters. The van der Waals surface area contributed by atoms with Crippen LogP contribution in [0.2, 0.25) is 0 Å². The molecule has 0 saturated heterocycles. The molecule has 4 aromatic rings. The highest BCUT2D eigenvalue weighted by Crippen LogP contribution is 2.40. The summed E-state index contributed by atoms with van der Waals surface area (Å²) >= 11 is 0. The molecule has 0 radical (unpaired) electrons. The molecule has 0 fully saturated rings. The molecule has 0 aliphatic heterocycles. The number of nitro benzene ring substituents is 3. The molecule has 0 saturated carbocycles. The van der Waals surface area contributed by atoms with Gasteiger partial charge in [0.15, 0.2) is 0 Å². The molecule has 0 aliphatic rings. The molecule has 2 N–H and O–H groups in total. The van der Waals surface area contributed by atoms with E-state index in [0.29, 0.717) is 6.07 Å². The fourth-order valence-corrected chi connectivity index (χ4v) is 3.23. The maximum absolute atomic E-state index is 12.5. The number of pyridine rings is 2. The quantitative estimate of drug-likeness (QED) is 0.308. The minimum Gasteiger partial charge on any atom is -0.316 e. The molecule has 13 heteroatoms. The lowest BCUT2D eigenvalue weighted by molar-refractivity contribution is -0.392. The minimum atomic E-state index is -1.04. The standard InChI is InChI=1S/C14H5N5O8/c20-13-4-1-2-5(17(22)23)11-8(4)10-9(14(21)16-11)6(18(24)25)3-7(19(26)27)12(10)15-13/h1-3H,(H,15,20)(H,16,21). The van der Waals surface area contributed by atoms with Crippen LogP contribution in [-0.2, 0) is 0 Å². The normalized spacial score (nSPS) is 11.4. The Bertz CT molecular complexity index is 1450. The Kier molecular flexibility index (Phi) is 3.00. The van der Waals surface area contributed by atoms with Crippen LogP contribution in [0, 0.1) is 30.3 Å². The lowest BCUT2D eigenvalue weighted by Gasteiger charge is -2.10. The number of nitrogens with zero attached hydrogens (tertiary/aromatic N) is 3. The number of hydrogen-bond donors (Lipinski definition) is 2. The highest BCUT2D eigenvalue weighted by molar-refractivity contribution is 6.25. The zero-order valence-electron chi connectivity index (χ0n) is 12.8. The summed E-state index contributed by atoms with van der Waals surface area (Å²) in [5.74, 6) is 0. The molecule has 13 nitrogen and oxygen atoms in total. The summed E-state index contributed by atoms with van der Waals surface area (Å²) < 4.78 is 0. The van der Waals surface area contributed by atoms with Crippen LogP contribution in [0.1, 0.15) is 0 Å². The van der Waals surface area contributed by atoms with Crippen LogP contribution in [0.25, 0.3) is 32.6 Å².